The summed E-state index contributed by atoms with van der Waals surface area (Å²) in [7, 11) is 3.19. The number of hydrogen-bond donors (Lipinski definition) is 1. The smallest absolute Gasteiger partial charge is 0.273 e. The lowest BCUT2D eigenvalue weighted by molar-refractivity contribution is 0.0820. The largest absolute Gasteiger partial charge is 0.497 e. The van der Waals surface area contributed by atoms with Gasteiger partial charge in [-0.2, -0.15) is 0 Å². The maximum atomic E-state index is 12.3. The van der Waals surface area contributed by atoms with E-state index in [2.05, 4.69) is 10.5 Å². The quantitative estimate of drug-likeness (QED) is 0.710. The first kappa shape index (κ1) is 16.8. The third-order valence-electron chi connectivity index (χ3n) is 3.70. The topological polar surface area (TPSA) is 86.7 Å². The Balaban J connectivity index is 1.64. The van der Waals surface area contributed by atoms with Crippen LogP contribution < -0.4 is 10.1 Å². The van der Waals surface area contributed by atoms with E-state index in [1.165, 1.54) is 12.3 Å². The number of furan rings is 1. The Bertz CT molecular complexity index is 826. The lowest BCUT2D eigenvalue weighted by Gasteiger charge is -2.16. The van der Waals surface area contributed by atoms with Gasteiger partial charge in [0, 0.05) is 19.7 Å². The van der Waals surface area contributed by atoms with Crippen molar-refractivity contribution in [3.05, 3.63) is 60.0 Å². The summed E-state index contributed by atoms with van der Waals surface area (Å²) in [5.41, 5.74) is 1.07. The minimum Gasteiger partial charge on any atom is -0.497 e. The third kappa shape index (κ3) is 3.89. The van der Waals surface area contributed by atoms with E-state index in [-0.39, 0.29) is 24.2 Å². The van der Waals surface area contributed by atoms with Crippen LogP contribution in [0.15, 0.2) is 57.7 Å². The summed E-state index contributed by atoms with van der Waals surface area (Å²) in [4.78, 5) is 12.3. The minimum atomic E-state index is -0.355. The van der Waals surface area contributed by atoms with Gasteiger partial charge >= 0.3 is 0 Å². The molecule has 1 N–H and O–H groups in total. The van der Waals surface area contributed by atoms with Gasteiger partial charge in [-0.3, -0.25) is 4.79 Å². The van der Waals surface area contributed by atoms with E-state index in [4.69, 9.17) is 18.4 Å². The zero-order valence-corrected chi connectivity index (χ0v) is 13.9. The second kappa shape index (κ2) is 7.67. The Morgan fingerprint density at radius 3 is 2.80 bits per heavy atom. The molecule has 3 rings (SSSR count). The molecule has 1 unspecified atom stereocenters. The number of aromatic nitrogens is 1. The highest BCUT2D eigenvalue weighted by Crippen LogP contribution is 2.22. The molecule has 1 atom stereocenters. The third-order valence-corrected chi connectivity index (χ3v) is 3.70. The number of carbonyl (C=O) groups is 1. The van der Waals surface area contributed by atoms with Gasteiger partial charge in [0.25, 0.3) is 5.91 Å². The number of nitrogens with one attached hydrogen (secondary N) is 1. The number of hydrogen-bond acceptors (Lipinski definition) is 6. The molecule has 0 saturated heterocycles. The first-order valence-electron chi connectivity index (χ1n) is 7.67. The van der Waals surface area contributed by atoms with Crippen molar-refractivity contribution in [1.82, 2.24) is 10.5 Å². The standard InChI is InChI=1S/C18H18N2O5/c1-22-13-6-3-5-12(9-13)17(23-2)11-19-18(21)14-10-16(25-20-14)15-7-4-8-24-15/h3-10,17H,11H2,1-2H3,(H,19,21). The van der Waals surface area contributed by atoms with Crippen molar-refractivity contribution in [2.75, 3.05) is 20.8 Å². The molecule has 7 heteroatoms. The number of ether oxygens (including phenoxy) is 2. The molecule has 0 radical (unpaired) electrons. The van der Waals surface area contributed by atoms with Crippen LogP contribution in [0.1, 0.15) is 22.2 Å². The monoisotopic (exact) mass is 342 g/mol. The number of methoxy groups -OCH3 is 2. The molecule has 3 aromatic rings. The van der Waals surface area contributed by atoms with E-state index in [1.807, 2.05) is 24.3 Å². The van der Waals surface area contributed by atoms with Crippen molar-refractivity contribution in [2.45, 2.75) is 6.10 Å². The van der Waals surface area contributed by atoms with E-state index in [0.717, 1.165) is 11.3 Å². The SMILES string of the molecule is COc1cccc(C(CNC(=O)c2cc(-c3ccco3)on2)OC)c1. The lowest BCUT2D eigenvalue weighted by Crippen LogP contribution is -2.29. The molecule has 0 aliphatic carbocycles. The summed E-state index contributed by atoms with van der Waals surface area (Å²) < 4.78 is 21.0. The van der Waals surface area contributed by atoms with Gasteiger partial charge < -0.3 is 23.7 Å². The molecule has 1 aromatic carbocycles. The van der Waals surface area contributed by atoms with Crippen LogP contribution in [0.25, 0.3) is 11.5 Å². The zero-order valence-electron chi connectivity index (χ0n) is 13.9. The molecular weight excluding hydrogens is 324 g/mol. The molecule has 1 amide bonds. The van der Waals surface area contributed by atoms with E-state index in [0.29, 0.717) is 11.5 Å². The summed E-state index contributed by atoms with van der Waals surface area (Å²) in [6.45, 7) is 0.283. The molecule has 130 valence electrons. The highest BCUT2D eigenvalue weighted by Gasteiger charge is 2.17. The van der Waals surface area contributed by atoms with Gasteiger partial charge in [-0.25, -0.2) is 0 Å². The molecule has 0 fully saturated rings. The number of rotatable bonds is 7. The van der Waals surface area contributed by atoms with E-state index in [1.54, 1.807) is 26.4 Å². The van der Waals surface area contributed by atoms with Crippen LogP contribution >= 0.6 is 0 Å². The van der Waals surface area contributed by atoms with Crippen LogP contribution in [0.3, 0.4) is 0 Å². The number of amides is 1. The van der Waals surface area contributed by atoms with Crippen molar-refractivity contribution >= 4 is 5.91 Å². The Morgan fingerprint density at radius 2 is 2.08 bits per heavy atom. The van der Waals surface area contributed by atoms with Crippen LogP contribution in [-0.4, -0.2) is 31.8 Å². The molecule has 2 aromatic heterocycles. The Labute approximate surface area is 144 Å². The van der Waals surface area contributed by atoms with Crippen molar-refractivity contribution < 1.29 is 23.2 Å². The molecule has 0 saturated carbocycles. The van der Waals surface area contributed by atoms with Crippen LogP contribution in [0.2, 0.25) is 0 Å². The van der Waals surface area contributed by atoms with Gasteiger partial charge in [0.05, 0.1) is 19.5 Å². The van der Waals surface area contributed by atoms with E-state index in [9.17, 15) is 4.79 Å². The van der Waals surface area contributed by atoms with Crippen molar-refractivity contribution in [2.24, 2.45) is 0 Å². The van der Waals surface area contributed by atoms with Crippen LogP contribution in [0.4, 0.5) is 0 Å². The highest BCUT2D eigenvalue weighted by atomic mass is 16.5. The summed E-state index contributed by atoms with van der Waals surface area (Å²) in [6, 6.07) is 12.5. The highest BCUT2D eigenvalue weighted by molar-refractivity contribution is 5.92. The molecular formula is C18H18N2O5. The lowest BCUT2D eigenvalue weighted by atomic mass is 10.1. The van der Waals surface area contributed by atoms with Gasteiger partial charge in [0.2, 0.25) is 5.76 Å². The van der Waals surface area contributed by atoms with E-state index < -0.39 is 0 Å². The molecule has 2 heterocycles. The zero-order chi connectivity index (χ0) is 17.6. The predicted octanol–water partition coefficient (Wildman–Crippen LogP) is 3.06. The normalized spacial score (nSPS) is 11.9. The number of nitrogens with zero attached hydrogens (tertiary/aromatic N) is 1. The fraction of sp³-hybridized carbons (Fsp3) is 0.222. The van der Waals surface area contributed by atoms with Gasteiger partial charge in [-0.1, -0.05) is 17.3 Å². The van der Waals surface area contributed by atoms with Crippen molar-refractivity contribution in [3.8, 4) is 17.3 Å². The molecule has 0 aliphatic heterocycles. The average Bonchev–Trinajstić information content (AvgIpc) is 3.33. The minimum absolute atomic E-state index is 0.173. The fourth-order valence-corrected chi connectivity index (χ4v) is 2.37. The Hall–Kier alpha value is -3.06. The fourth-order valence-electron chi connectivity index (χ4n) is 2.37. The maximum absolute atomic E-state index is 12.3. The second-order valence-electron chi connectivity index (χ2n) is 5.26. The maximum Gasteiger partial charge on any atom is 0.273 e. The van der Waals surface area contributed by atoms with Crippen molar-refractivity contribution in [3.63, 3.8) is 0 Å². The van der Waals surface area contributed by atoms with Crippen molar-refractivity contribution in [1.29, 1.82) is 0 Å². The number of carbonyl (C=O) groups excluding carboxylic acids is 1. The Morgan fingerprint density at radius 1 is 1.20 bits per heavy atom. The molecule has 0 spiro atoms. The summed E-state index contributed by atoms with van der Waals surface area (Å²) in [6.07, 6.45) is 1.21. The van der Waals surface area contributed by atoms with Gasteiger partial charge in [0.1, 0.15) is 5.75 Å². The predicted molar refractivity (Wildman–Crippen MR) is 89.3 cm³/mol. The van der Waals surface area contributed by atoms with Gasteiger partial charge in [0.15, 0.2) is 11.5 Å². The second-order valence-corrected chi connectivity index (χ2v) is 5.26. The van der Waals surface area contributed by atoms with Crippen LogP contribution in [0.5, 0.6) is 5.75 Å². The first-order chi connectivity index (χ1) is 12.2. The summed E-state index contributed by atoms with van der Waals surface area (Å²) in [5, 5.41) is 6.55. The number of benzene rings is 1. The molecule has 7 nitrogen and oxygen atoms in total. The summed E-state index contributed by atoms with van der Waals surface area (Å²) in [5.74, 6) is 1.28. The molecule has 0 aliphatic rings. The average molecular weight is 342 g/mol. The van der Waals surface area contributed by atoms with Gasteiger partial charge in [-0.05, 0) is 29.8 Å². The van der Waals surface area contributed by atoms with Crippen LogP contribution in [0, 0.1) is 0 Å². The molecule has 25 heavy (non-hydrogen) atoms. The van der Waals surface area contributed by atoms with Crippen LogP contribution in [-0.2, 0) is 4.74 Å². The summed E-state index contributed by atoms with van der Waals surface area (Å²) >= 11 is 0. The van der Waals surface area contributed by atoms with Gasteiger partial charge in [-0.15, -0.1) is 0 Å². The van der Waals surface area contributed by atoms with E-state index >= 15 is 0 Å². The first-order valence-corrected chi connectivity index (χ1v) is 7.67. The Kier molecular flexibility index (Phi) is 5.15. The molecule has 0 bridgehead atoms.